The number of carbonyl (C=O) groups is 1. The molecule has 1 aliphatic heterocycles. The molecule has 24 heavy (non-hydrogen) atoms. The number of rotatable bonds is 3. The van der Waals surface area contributed by atoms with Crippen LogP contribution >= 0.6 is 0 Å². The largest absolute Gasteiger partial charge is 0.346 e. The van der Waals surface area contributed by atoms with Crippen LogP contribution in [0, 0.1) is 0 Å². The van der Waals surface area contributed by atoms with Gasteiger partial charge in [0.25, 0.3) is 5.91 Å². The molecule has 0 unspecified atom stereocenters. The smallest absolute Gasteiger partial charge is 0.271 e. The van der Waals surface area contributed by atoms with E-state index in [0.717, 1.165) is 18.8 Å². The molecule has 124 valence electrons. The van der Waals surface area contributed by atoms with E-state index in [0.29, 0.717) is 11.5 Å². The van der Waals surface area contributed by atoms with Crippen molar-refractivity contribution >= 4 is 11.7 Å². The van der Waals surface area contributed by atoms with E-state index >= 15 is 0 Å². The van der Waals surface area contributed by atoms with Gasteiger partial charge < -0.3 is 14.8 Å². The van der Waals surface area contributed by atoms with Gasteiger partial charge in [0, 0.05) is 56.5 Å². The number of hydrogen-bond acceptors (Lipinski definition) is 5. The van der Waals surface area contributed by atoms with Crippen molar-refractivity contribution in [3.05, 3.63) is 48.6 Å². The zero-order valence-electron chi connectivity index (χ0n) is 13.6. The minimum atomic E-state index is -0.173. The van der Waals surface area contributed by atoms with Gasteiger partial charge in [-0.15, -0.1) is 0 Å². The second-order valence-corrected chi connectivity index (χ2v) is 6.29. The van der Waals surface area contributed by atoms with Crippen molar-refractivity contribution < 1.29 is 4.79 Å². The predicted octanol–water partition coefficient (Wildman–Crippen LogP) is 0.290. The summed E-state index contributed by atoms with van der Waals surface area (Å²) in [5.74, 6) is 0.559. The normalized spacial score (nSPS) is 21.4. The summed E-state index contributed by atoms with van der Waals surface area (Å²) in [6.07, 6.45) is 8.86. The van der Waals surface area contributed by atoms with Gasteiger partial charge in [-0.25, -0.2) is 15.0 Å². The number of likely N-dealkylation sites (tertiary alicyclic amines) is 1. The molecule has 0 bridgehead atoms. The van der Waals surface area contributed by atoms with Crippen LogP contribution in [0.1, 0.15) is 22.1 Å². The maximum atomic E-state index is 12.6. The predicted molar refractivity (Wildman–Crippen MR) is 87.7 cm³/mol. The molecule has 4 rings (SSSR count). The van der Waals surface area contributed by atoms with Crippen LogP contribution in [0.2, 0.25) is 0 Å². The Morgan fingerprint density at radius 3 is 2.96 bits per heavy atom. The van der Waals surface area contributed by atoms with Crippen LogP contribution in [0.5, 0.6) is 0 Å². The summed E-state index contributed by atoms with van der Waals surface area (Å²) >= 11 is 0. The number of aromatic nitrogens is 5. The van der Waals surface area contributed by atoms with Gasteiger partial charge in [-0.3, -0.25) is 9.20 Å². The molecule has 4 heterocycles. The van der Waals surface area contributed by atoms with Crippen molar-refractivity contribution in [1.82, 2.24) is 34.1 Å². The molecule has 3 aromatic heterocycles. The first-order chi connectivity index (χ1) is 11.6. The lowest BCUT2D eigenvalue weighted by Gasteiger charge is -2.19. The first kappa shape index (κ1) is 14.8. The molecule has 3 aromatic rings. The minimum absolute atomic E-state index is 0.0238. The summed E-state index contributed by atoms with van der Waals surface area (Å²) in [6.45, 7) is 1.68. The fraction of sp³-hybridized carbons (Fsp3) is 0.375. The van der Waals surface area contributed by atoms with Crippen LogP contribution in [-0.4, -0.2) is 60.9 Å². The van der Waals surface area contributed by atoms with E-state index < -0.39 is 0 Å². The number of aryl methyl sites for hydroxylation is 1. The molecule has 8 heteroatoms. The number of likely N-dealkylation sites (N-methyl/N-ethyl adjacent to an activating group) is 1. The quantitative estimate of drug-likeness (QED) is 0.749. The van der Waals surface area contributed by atoms with Gasteiger partial charge in [0.05, 0.1) is 12.4 Å². The Bertz CT molecular complexity index is 850. The summed E-state index contributed by atoms with van der Waals surface area (Å²) in [4.78, 5) is 27.5. The van der Waals surface area contributed by atoms with Crippen molar-refractivity contribution in [3.63, 3.8) is 0 Å². The molecule has 0 aromatic carbocycles. The van der Waals surface area contributed by atoms with Crippen LogP contribution in [0.25, 0.3) is 5.78 Å². The molecule has 8 nitrogen and oxygen atoms in total. The van der Waals surface area contributed by atoms with Gasteiger partial charge in [0.2, 0.25) is 5.78 Å². The van der Waals surface area contributed by atoms with E-state index in [1.54, 1.807) is 29.2 Å². The number of amides is 1. The zero-order chi connectivity index (χ0) is 16.7. The Kier molecular flexibility index (Phi) is 3.53. The summed E-state index contributed by atoms with van der Waals surface area (Å²) < 4.78 is 3.76. The van der Waals surface area contributed by atoms with Gasteiger partial charge in [-0.2, -0.15) is 0 Å². The second-order valence-electron chi connectivity index (χ2n) is 6.29. The lowest BCUT2D eigenvalue weighted by molar-refractivity contribution is 0.0931. The highest BCUT2D eigenvalue weighted by atomic mass is 16.2. The van der Waals surface area contributed by atoms with Gasteiger partial charge in [-0.1, -0.05) is 0 Å². The second kappa shape index (κ2) is 5.72. The number of carbonyl (C=O) groups excluding carboxylic acids is 1. The molecular formula is C16H19N7O. The Balaban J connectivity index is 1.56. The number of nitrogens with one attached hydrogen (secondary N) is 1. The minimum Gasteiger partial charge on any atom is -0.346 e. The topological polar surface area (TPSA) is 80.3 Å². The fourth-order valence-corrected chi connectivity index (χ4v) is 3.35. The van der Waals surface area contributed by atoms with E-state index in [9.17, 15) is 4.79 Å². The van der Waals surface area contributed by atoms with Gasteiger partial charge in [0.15, 0.2) is 0 Å². The number of imidazole rings is 2. The highest BCUT2D eigenvalue weighted by Crippen LogP contribution is 2.26. The van der Waals surface area contributed by atoms with Gasteiger partial charge in [-0.05, 0) is 13.1 Å². The van der Waals surface area contributed by atoms with Crippen molar-refractivity contribution in [2.45, 2.75) is 12.0 Å². The van der Waals surface area contributed by atoms with Crippen molar-refractivity contribution in [3.8, 4) is 0 Å². The monoisotopic (exact) mass is 325 g/mol. The highest BCUT2D eigenvalue weighted by molar-refractivity contribution is 5.93. The average Bonchev–Trinajstić information content (AvgIpc) is 3.25. The van der Waals surface area contributed by atoms with E-state index in [4.69, 9.17) is 0 Å². The summed E-state index contributed by atoms with van der Waals surface area (Å²) in [5.41, 5.74) is 1.51. The Hall–Kier alpha value is -2.74. The molecule has 2 atom stereocenters. The molecule has 1 aliphatic rings. The van der Waals surface area contributed by atoms with Crippen LogP contribution in [0.3, 0.4) is 0 Å². The van der Waals surface area contributed by atoms with Crippen LogP contribution in [-0.2, 0) is 7.05 Å². The summed E-state index contributed by atoms with van der Waals surface area (Å²) in [6, 6.07) is 1.83. The lowest BCUT2D eigenvalue weighted by Crippen LogP contribution is -2.40. The summed E-state index contributed by atoms with van der Waals surface area (Å²) in [5, 5.41) is 3.13. The molecule has 0 radical (unpaired) electrons. The van der Waals surface area contributed by atoms with Crippen molar-refractivity contribution in [2.75, 3.05) is 20.1 Å². The summed E-state index contributed by atoms with van der Waals surface area (Å²) in [7, 11) is 4.04. The third-order valence-electron chi connectivity index (χ3n) is 4.52. The van der Waals surface area contributed by atoms with Gasteiger partial charge >= 0.3 is 0 Å². The maximum Gasteiger partial charge on any atom is 0.271 e. The molecule has 1 amide bonds. The van der Waals surface area contributed by atoms with Crippen molar-refractivity contribution in [1.29, 1.82) is 0 Å². The lowest BCUT2D eigenvalue weighted by atomic mass is 10.00. The molecule has 0 aliphatic carbocycles. The highest BCUT2D eigenvalue weighted by Gasteiger charge is 2.35. The zero-order valence-corrected chi connectivity index (χ0v) is 13.6. The standard InChI is InChI=1S/C16H19N7O/c1-21-7-11(14-6-17-10-22(14)2)12(8-21)19-15(24)13-9-23-5-3-4-18-16(23)20-13/h3-6,9-12H,7-8H2,1-2H3,(H,19,24)/t11-,12-/m1/s1. The Morgan fingerprint density at radius 2 is 2.21 bits per heavy atom. The van der Waals surface area contributed by atoms with E-state index in [2.05, 4.69) is 32.2 Å². The fourth-order valence-electron chi connectivity index (χ4n) is 3.35. The molecule has 1 N–H and O–H groups in total. The number of nitrogens with zero attached hydrogens (tertiary/aromatic N) is 6. The Labute approximate surface area is 139 Å². The van der Waals surface area contributed by atoms with Crippen molar-refractivity contribution in [2.24, 2.45) is 7.05 Å². The Morgan fingerprint density at radius 1 is 1.33 bits per heavy atom. The molecule has 0 spiro atoms. The van der Waals surface area contributed by atoms with E-state index in [1.807, 2.05) is 24.0 Å². The third kappa shape index (κ3) is 2.54. The SMILES string of the molecule is CN1C[C@@H](NC(=O)c2cn3cccnc3n2)[C@H](c2cncn2C)C1. The van der Waals surface area contributed by atoms with Crippen LogP contribution in [0.15, 0.2) is 37.2 Å². The molecular weight excluding hydrogens is 306 g/mol. The van der Waals surface area contributed by atoms with Crippen LogP contribution < -0.4 is 5.32 Å². The third-order valence-corrected chi connectivity index (χ3v) is 4.52. The number of hydrogen-bond donors (Lipinski definition) is 1. The molecule has 1 fully saturated rings. The first-order valence-corrected chi connectivity index (χ1v) is 7.87. The maximum absolute atomic E-state index is 12.6. The van der Waals surface area contributed by atoms with E-state index in [1.165, 1.54) is 0 Å². The van der Waals surface area contributed by atoms with Crippen LogP contribution in [0.4, 0.5) is 0 Å². The van der Waals surface area contributed by atoms with Gasteiger partial charge in [0.1, 0.15) is 5.69 Å². The number of fused-ring (bicyclic) bond motifs is 1. The van der Waals surface area contributed by atoms with E-state index in [-0.39, 0.29) is 17.9 Å². The first-order valence-electron chi connectivity index (χ1n) is 7.87. The molecule has 0 saturated carbocycles. The molecule has 1 saturated heterocycles. The average molecular weight is 325 g/mol.